The molecule has 0 heterocycles. The van der Waals surface area contributed by atoms with E-state index in [-0.39, 0.29) is 25.3 Å². The van der Waals surface area contributed by atoms with E-state index in [0.29, 0.717) is 0 Å². The van der Waals surface area contributed by atoms with E-state index >= 15 is 0 Å². The van der Waals surface area contributed by atoms with Crippen molar-refractivity contribution in [1.29, 1.82) is 0 Å². The second kappa shape index (κ2) is 8.83. The fraction of sp³-hybridized carbons (Fsp3) is 0. The Morgan fingerprint density at radius 2 is 1.25 bits per heavy atom. The molecule has 0 radical (unpaired) electrons. The Morgan fingerprint density at radius 1 is 1.25 bits per heavy atom. The number of hydrogen-bond donors (Lipinski definition) is 0. The maximum atomic E-state index is 4.86. The van der Waals surface area contributed by atoms with Gasteiger partial charge in [-0.3, -0.25) is 0 Å². The van der Waals surface area contributed by atoms with Gasteiger partial charge in [-0.2, -0.15) is 0 Å². The van der Waals surface area contributed by atoms with E-state index in [9.17, 15) is 0 Å². The van der Waals surface area contributed by atoms with E-state index in [1.165, 1.54) is 0 Å². The third kappa shape index (κ3) is 10.0. The molecular weight excluding hydrogens is 150 g/mol. The largest absolute Gasteiger partial charge is 0.0149 e. The third-order valence-corrected chi connectivity index (χ3v) is 0. The van der Waals surface area contributed by atoms with Gasteiger partial charge in [0.25, 0.3) is 0 Å². The molecule has 0 atom stereocenters. The summed E-state index contributed by atoms with van der Waals surface area (Å²) in [4.78, 5) is 0. The first kappa shape index (κ1) is 9.03. The standard InChI is InChI=1S/2ClH.H4Si.V/h2*1H;1H4;/q;;;+2/p-2. The van der Waals surface area contributed by atoms with Crippen molar-refractivity contribution < 1.29 is 14.4 Å². The van der Waals surface area contributed by atoms with Crippen LogP contribution in [-0.2, 0) is 14.4 Å². The van der Waals surface area contributed by atoms with Crippen LogP contribution in [0.25, 0.3) is 0 Å². The zero-order valence-corrected chi connectivity index (χ0v) is 4.11. The predicted octanol–water partition coefficient (Wildman–Crippen LogP) is -0.0751. The van der Waals surface area contributed by atoms with Crippen molar-refractivity contribution >= 4 is 30.7 Å². The summed E-state index contributed by atoms with van der Waals surface area (Å²) in [5.74, 6) is 0. The Labute approximate surface area is 45.2 Å². The van der Waals surface area contributed by atoms with Crippen LogP contribution < -0.4 is 0 Å². The van der Waals surface area contributed by atoms with Gasteiger partial charge in [-0.15, -0.1) is 0 Å². The van der Waals surface area contributed by atoms with Crippen LogP contribution in [0.4, 0.5) is 0 Å². The molecule has 0 aromatic heterocycles. The Morgan fingerprint density at radius 3 is 1.25 bits per heavy atom. The summed E-state index contributed by atoms with van der Waals surface area (Å²) in [7, 11) is 9.72. The van der Waals surface area contributed by atoms with Crippen molar-refractivity contribution in [3.63, 3.8) is 0 Å². The Hall–Kier alpha value is 1.38. The molecule has 27 valence electrons. The fourth-order valence-electron chi connectivity index (χ4n) is 0. The van der Waals surface area contributed by atoms with Gasteiger partial charge in [0.05, 0.1) is 0 Å². The fourth-order valence-corrected chi connectivity index (χ4v) is 0. The average Bonchev–Trinajstić information content (AvgIpc) is 0.918. The molecule has 0 N–H and O–H groups in total. The molecule has 0 amide bonds. The number of hydrogen-bond acceptors (Lipinski definition) is 0. The van der Waals surface area contributed by atoms with E-state index in [0.717, 1.165) is 0 Å². The maximum absolute atomic E-state index is 4.86. The van der Waals surface area contributed by atoms with Crippen LogP contribution in [0.15, 0.2) is 0 Å². The van der Waals surface area contributed by atoms with Gasteiger partial charge >= 0.3 is 34.1 Å². The van der Waals surface area contributed by atoms with Crippen molar-refractivity contribution in [1.82, 2.24) is 0 Å². The van der Waals surface area contributed by atoms with E-state index < -0.39 is 0 Å². The van der Waals surface area contributed by atoms with Gasteiger partial charge in [0.15, 0.2) is 0 Å². The summed E-state index contributed by atoms with van der Waals surface area (Å²) >= 11 is -0.368. The minimum atomic E-state index is -0.368. The first-order chi connectivity index (χ1) is 1.41. The molecule has 0 aromatic rings. The molecule has 0 aliphatic heterocycles. The van der Waals surface area contributed by atoms with Crippen LogP contribution in [0.1, 0.15) is 0 Å². The molecule has 0 spiro atoms. The molecule has 4 heavy (non-hydrogen) atoms. The second-order valence-corrected chi connectivity index (χ2v) is 2.37. The van der Waals surface area contributed by atoms with Gasteiger partial charge in [0, 0.05) is 0 Å². The van der Waals surface area contributed by atoms with Gasteiger partial charge in [0.1, 0.15) is 0 Å². The second-order valence-electron chi connectivity index (χ2n) is 0.0639. The molecule has 0 aliphatic rings. The summed E-state index contributed by atoms with van der Waals surface area (Å²) in [5.41, 5.74) is 0. The molecule has 0 aromatic carbocycles. The molecule has 0 saturated heterocycles. The van der Waals surface area contributed by atoms with Crippen LogP contribution in [0, 0.1) is 0 Å². The molecule has 0 bridgehead atoms. The van der Waals surface area contributed by atoms with Crippen LogP contribution in [-0.4, -0.2) is 11.0 Å². The van der Waals surface area contributed by atoms with Crippen LogP contribution >= 0.6 is 19.7 Å². The van der Waals surface area contributed by atoms with Gasteiger partial charge in [-0.1, -0.05) is 0 Å². The van der Waals surface area contributed by atoms with Crippen LogP contribution in [0.2, 0.25) is 0 Å². The van der Waals surface area contributed by atoms with E-state index in [2.05, 4.69) is 0 Å². The predicted molar refractivity (Wildman–Crippen MR) is 23.0 cm³/mol. The summed E-state index contributed by atoms with van der Waals surface area (Å²) < 4.78 is 0. The van der Waals surface area contributed by atoms with Gasteiger partial charge in [-0.05, 0) is 11.0 Å². The van der Waals surface area contributed by atoms with E-state index in [4.69, 9.17) is 19.7 Å². The summed E-state index contributed by atoms with van der Waals surface area (Å²) in [6, 6.07) is 0. The minimum absolute atomic E-state index is 0. The smallest absolute Gasteiger partial charge is 0.0149 e. The van der Waals surface area contributed by atoms with Gasteiger partial charge < -0.3 is 0 Å². The molecule has 0 rings (SSSR count). The van der Waals surface area contributed by atoms with Gasteiger partial charge in [-0.25, -0.2) is 0 Å². The number of rotatable bonds is 0. The topological polar surface area (TPSA) is 0 Å². The zero-order chi connectivity index (χ0) is 2.71. The Bertz CT molecular complexity index is 6.00. The Balaban J connectivity index is 0. The molecule has 0 nitrogen and oxygen atoms in total. The normalized spacial score (nSPS) is 3.50. The quantitative estimate of drug-likeness (QED) is 0.428. The SMILES string of the molecule is [Cl][V][Cl].[SiH4]. The summed E-state index contributed by atoms with van der Waals surface area (Å²) in [6.45, 7) is 0. The maximum Gasteiger partial charge on any atom is -0.0149 e. The Kier molecular flexibility index (Phi) is 20.0. The summed E-state index contributed by atoms with van der Waals surface area (Å²) in [6.07, 6.45) is 0. The van der Waals surface area contributed by atoms with Gasteiger partial charge in [0.2, 0.25) is 0 Å². The molecule has 0 fully saturated rings. The first-order valence-corrected chi connectivity index (χ1v) is 4.18. The van der Waals surface area contributed by atoms with Crippen molar-refractivity contribution in [2.24, 2.45) is 0 Å². The summed E-state index contributed by atoms with van der Waals surface area (Å²) in [5, 5.41) is 0. The van der Waals surface area contributed by atoms with Crippen LogP contribution in [0.3, 0.4) is 0 Å². The van der Waals surface area contributed by atoms with Crippen molar-refractivity contribution in [2.75, 3.05) is 0 Å². The molecule has 0 aliphatic carbocycles. The van der Waals surface area contributed by atoms with Crippen molar-refractivity contribution in [3.05, 3.63) is 0 Å². The first-order valence-electron chi connectivity index (χ1n) is 0.338. The molecule has 0 unspecified atom stereocenters. The van der Waals surface area contributed by atoms with Crippen molar-refractivity contribution in [2.45, 2.75) is 0 Å². The average molecular weight is 154 g/mol. The minimum Gasteiger partial charge on any atom is -0.0149 e. The zero-order valence-electron chi connectivity index (χ0n) is 1.20. The van der Waals surface area contributed by atoms with Crippen molar-refractivity contribution in [3.8, 4) is 0 Å². The third-order valence-electron chi connectivity index (χ3n) is 0. The monoisotopic (exact) mass is 153 g/mol. The molecular formula is H4Cl2SiV. The van der Waals surface area contributed by atoms with E-state index in [1.54, 1.807) is 0 Å². The molecule has 0 saturated carbocycles. The number of halogens is 2. The van der Waals surface area contributed by atoms with Crippen LogP contribution in [0.5, 0.6) is 0 Å². The van der Waals surface area contributed by atoms with E-state index in [1.807, 2.05) is 0 Å². The molecule has 4 heteroatoms.